The molecule has 4 aromatic rings. The van der Waals surface area contributed by atoms with E-state index in [1.54, 1.807) is 34.0 Å². The molecule has 15 heteroatoms. The van der Waals surface area contributed by atoms with Crippen LogP contribution in [0, 0.1) is 5.82 Å². The van der Waals surface area contributed by atoms with Crippen LogP contribution in [-0.2, 0) is 22.9 Å². The molecule has 2 aromatic carbocycles. The predicted molar refractivity (Wildman–Crippen MR) is 161 cm³/mol. The quantitative estimate of drug-likeness (QED) is 0.234. The highest BCUT2D eigenvalue weighted by atomic mass is 19.4. The monoisotopic (exact) mass is 659 g/mol. The van der Waals surface area contributed by atoms with Crippen LogP contribution in [0.25, 0.3) is 22.2 Å². The van der Waals surface area contributed by atoms with Gasteiger partial charge in [-0.15, -0.1) is 0 Å². The van der Waals surface area contributed by atoms with Crippen LogP contribution in [0.2, 0.25) is 0 Å². The van der Waals surface area contributed by atoms with E-state index < -0.39 is 53.0 Å². The number of alkyl carbamates (subject to hydrolysis) is 1. The number of rotatable bonds is 7. The summed E-state index contributed by atoms with van der Waals surface area (Å²) in [6.45, 7) is 4.88. The van der Waals surface area contributed by atoms with Gasteiger partial charge in [-0.1, -0.05) is 0 Å². The molecule has 3 heterocycles. The number of nitrogens with one attached hydrogen (secondary N) is 2. The van der Waals surface area contributed by atoms with Crippen molar-refractivity contribution in [2.75, 3.05) is 20.3 Å². The highest BCUT2D eigenvalue weighted by molar-refractivity contribution is 5.99. The molecule has 2 amide bonds. The van der Waals surface area contributed by atoms with E-state index in [0.29, 0.717) is 10.9 Å². The Hall–Kier alpha value is -4.92. The van der Waals surface area contributed by atoms with E-state index >= 15 is 0 Å². The first-order chi connectivity index (χ1) is 21.8. The molecule has 0 saturated carbocycles. The van der Waals surface area contributed by atoms with E-state index in [9.17, 15) is 32.3 Å². The molecule has 1 unspecified atom stereocenters. The lowest BCUT2D eigenvalue weighted by Gasteiger charge is -2.32. The number of aromatic nitrogens is 3. The zero-order valence-corrected chi connectivity index (χ0v) is 26.4. The second-order valence-electron chi connectivity index (χ2n) is 12.4. The summed E-state index contributed by atoms with van der Waals surface area (Å²) in [5.74, 6) is -1.30. The molecule has 0 saturated heterocycles. The number of pyridine rings is 1. The summed E-state index contributed by atoms with van der Waals surface area (Å²) in [5, 5.41) is 21.0. The zero-order chi connectivity index (χ0) is 34.5. The van der Waals surface area contributed by atoms with Gasteiger partial charge in [0.1, 0.15) is 40.5 Å². The molecular formula is C32H33F4N5O6. The minimum absolute atomic E-state index is 0.0179. The lowest BCUT2D eigenvalue weighted by Crippen LogP contribution is -2.52. The number of carbonyl (C=O) groups is 2. The van der Waals surface area contributed by atoms with Crippen molar-refractivity contribution >= 4 is 22.9 Å². The topological polar surface area (TPSA) is 137 Å². The van der Waals surface area contributed by atoms with Crippen molar-refractivity contribution in [3.63, 3.8) is 0 Å². The summed E-state index contributed by atoms with van der Waals surface area (Å²) in [6.07, 6.45) is -4.62. The second kappa shape index (κ2) is 11.7. The normalized spacial score (nSPS) is 17.4. The number of aryl methyl sites for hydroxylation is 1. The average molecular weight is 660 g/mol. The SMILES string of the molecule is COc1cc(C(=O)NCC(O)(c2cc3c(c(-c4ccc(F)cc4)n2)OC[C@]3(C)NC(=O)OC(C)(C)C)C(F)(F)F)cc2cn(C)nc12. The summed E-state index contributed by atoms with van der Waals surface area (Å²) < 4.78 is 76.4. The molecule has 2 aromatic heterocycles. The predicted octanol–water partition coefficient (Wildman–Crippen LogP) is 5.10. The van der Waals surface area contributed by atoms with Gasteiger partial charge in [0.2, 0.25) is 5.60 Å². The van der Waals surface area contributed by atoms with E-state index in [4.69, 9.17) is 14.2 Å². The van der Waals surface area contributed by atoms with Crippen LogP contribution < -0.4 is 20.1 Å². The van der Waals surface area contributed by atoms with E-state index in [1.165, 1.54) is 43.0 Å². The molecule has 1 aliphatic rings. The van der Waals surface area contributed by atoms with Crippen molar-refractivity contribution in [3.8, 4) is 22.8 Å². The number of hydrogen-bond acceptors (Lipinski definition) is 8. The third-order valence-electron chi connectivity index (χ3n) is 7.53. The second-order valence-corrected chi connectivity index (χ2v) is 12.4. The molecule has 0 fully saturated rings. The van der Waals surface area contributed by atoms with Crippen molar-refractivity contribution in [1.29, 1.82) is 0 Å². The number of amides is 2. The van der Waals surface area contributed by atoms with Gasteiger partial charge in [0.25, 0.3) is 5.91 Å². The number of ether oxygens (including phenoxy) is 3. The van der Waals surface area contributed by atoms with Gasteiger partial charge in [0.05, 0.1) is 19.3 Å². The van der Waals surface area contributed by atoms with E-state index in [2.05, 4.69) is 20.7 Å². The molecule has 47 heavy (non-hydrogen) atoms. The van der Waals surface area contributed by atoms with Crippen LogP contribution in [0.4, 0.5) is 22.4 Å². The van der Waals surface area contributed by atoms with Gasteiger partial charge in [-0.2, -0.15) is 18.3 Å². The van der Waals surface area contributed by atoms with Crippen LogP contribution >= 0.6 is 0 Å². The molecule has 11 nitrogen and oxygen atoms in total. The van der Waals surface area contributed by atoms with Crippen LogP contribution in [0.3, 0.4) is 0 Å². The van der Waals surface area contributed by atoms with Gasteiger partial charge in [-0.3, -0.25) is 9.48 Å². The molecule has 2 atom stereocenters. The molecule has 0 aliphatic carbocycles. The number of fused-ring (bicyclic) bond motifs is 2. The fourth-order valence-corrected chi connectivity index (χ4v) is 5.19. The van der Waals surface area contributed by atoms with Gasteiger partial charge >= 0.3 is 12.3 Å². The van der Waals surface area contributed by atoms with Gasteiger partial charge in [-0.25, -0.2) is 14.2 Å². The van der Waals surface area contributed by atoms with Crippen LogP contribution in [0.15, 0.2) is 48.7 Å². The molecule has 5 rings (SSSR count). The highest BCUT2D eigenvalue weighted by Crippen LogP contribution is 2.47. The Morgan fingerprint density at radius 2 is 1.81 bits per heavy atom. The minimum atomic E-state index is -5.36. The number of alkyl halides is 3. The number of carbonyl (C=O) groups excluding carboxylic acids is 2. The smallest absolute Gasteiger partial charge is 0.424 e. The number of methoxy groups -OCH3 is 1. The van der Waals surface area contributed by atoms with Crippen LogP contribution in [0.5, 0.6) is 11.5 Å². The number of nitrogens with zero attached hydrogens (tertiary/aromatic N) is 3. The summed E-state index contributed by atoms with van der Waals surface area (Å²) in [6, 6.07) is 8.48. The number of aliphatic hydroxyl groups is 1. The Bertz CT molecular complexity index is 1850. The Morgan fingerprint density at radius 1 is 1.13 bits per heavy atom. The first kappa shape index (κ1) is 33.4. The van der Waals surface area contributed by atoms with Crippen molar-refractivity contribution in [1.82, 2.24) is 25.4 Å². The average Bonchev–Trinajstić information content (AvgIpc) is 3.52. The molecular weight excluding hydrogens is 626 g/mol. The molecule has 1 aliphatic heterocycles. The van der Waals surface area contributed by atoms with Crippen molar-refractivity contribution in [2.24, 2.45) is 7.05 Å². The van der Waals surface area contributed by atoms with Crippen molar-refractivity contribution < 1.29 is 46.5 Å². The van der Waals surface area contributed by atoms with Gasteiger partial charge < -0.3 is 30.0 Å². The van der Waals surface area contributed by atoms with E-state index in [1.807, 2.05) is 0 Å². The molecule has 250 valence electrons. The first-order valence-electron chi connectivity index (χ1n) is 14.4. The lowest BCUT2D eigenvalue weighted by atomic mass is 9.88. The van der Waals surface area contributed by atoms with Gasteiger partial charge in [0.15, 0.2) is 5.75 Å². The standard InChI is InChI=1S/C32H33F4N5O6/c1-29(2,3)47-28(43)39-30(4)16-46-26-21(30)13-23(38-25(26)17-7-9-20(33)10-8-17)31(44,32(34,35)36)15-37-27(42)18-11-19-14-41(5)40-24(19)22(12-18)45-6/h7-14,44H,15-16H2,1-6H3,(H,37,42)(H,39,43)/t30-,31?/m0/s1. The summed E-state index contributed by atoms with van der Waals surface area (Å²) in [7, 11) is 3.02. The minimum Gasteiger partial charge on any atom is -0.494 e. The molecule has 3 N–H and O–H groups in total. The summed E-state index contributed by atoms with van der Waals surface area (Å²) >= 11 is 0. The van der Waals surface area contributed by atoms with Gasteiger partial charge in [-0.05, 0) is 70.2 Å². The van der Waals surface area contributed by atoms with Crippen molar-refractivity contribution in [3.05, 3.63) is 71.3 Å². The Morgan fingerprint density at radius 3 is 2.43 bits per heavy atom. The Kier molecular flexibility index (Phi) is 8.33. The lowest BCUT2D eigenvalue weighted by molar-refractivity contribution is -0.265. The molecule has 0 spiro atoms. The zero-order valence-electron chi connectivity index (χ0n) is 26.4. The van der Waals surface area contributed by atoms with Crippen molar-refractivity contribution in [2.45, 2.75) is 50.6 Å². The maximum absolute atomic E-state index is 14.9. The Labute approximate surface area is 266 Å². The maximum atomic E-state index is 14.9. The van der Waals surface area contributed by atoms with E-state index in [0.717, 1.165) is 18.2 Å². The van der Waals surface area contributed by atoms with Crippen LogP contribution in [0.1, 0.15) is 49.3 Å². The number of hydrogen-bond donors (Lipinski definition) is 3. The fourth-order valence-electron chi connectivity index (χ4n) is 5.19. The first-order valence-corrected chi connectivity index (χ1v) is 14.4. The maximum Gasteiger partial charge on any atom is 0.424 e. The molecule has 0 bridgehead atoms. The van der Waals surface area contributed by atoms with E-state index in [-0.39, 0.29) is 40.5 Å². The largest absolute Gasteiger partial charge is 0.494 e. The Balaban J connectivity index is 1.58. The number of halogens is 4. The third kappa shape index (κ3) is 6.52. The van der Waals surface area contributed by atoms with Crippen LogP contribution in [-0.4, -0.2) is 63.9 Å². The van der Waals surface area contributed by atoms with Gasteiger partial charge in [0, 0.05) is 35.3 Å². The molecule has 0 radical (unpaired) electrons. The third-order valence-corrected chi connectivity index (χ3v) is 7.53. The highest BCUT2D eigenvalue weighted by Gasteiger charge is 2.57. The summed E-state index contributed by atoms with van der Waals surface area (Å²) in [5.41, 5.74) is -6.46. The number of benzene rings is 2. The summed E-state index contributed by atoms with van der Waals surface area (Å²) in [4.78, 5) is 30.1. The fraction of sp³-hybridized carbons (Fsp3) is 0.375.